The molecule has 0 saturated carbocycles. The first-order valence-electron chi connectivity index (χ1n) is 7.91. The molecule has 2 aromatic rings. The van der Waals surface area contributed by atoms with E-state index < -0.39 is 0 Å². The number of nitrogens with one attached hydrogen (secondary N) is 1. The molecule has 1 atom stereocenters. The minimum absolute atomic E-state index is 0.549. The molecule has 2 heterocycles. The number of nitrogens with zero attached hydrogens (tertiary/aromatic N) is 2. The number of morpholine rings is 1. The van der Waals surface area contributed by atoms with Gasteiger partial charge in [0.05, 0.1) is 13.2 Å². The molecule has 0 bridgehead atoms. The predicted octanol–water partition coefficient (Wildman–Crippen LogP) is 2.86. The molecule has 0 spiro atoms. The summed E-state index contributed by atoms with van der Waals surface area (Å²) in [4.78, 5) is 2.47. The summed E-state index contributed by atoms with van der Waals surface area (Å²) in [5, 5.41) is 7.43. The second kappa shape index (κ2) is 7.42. The SMILES string of the molecule is CC(CCNc1cc(-c2ccccc2)no1)N1CCOCC1. The zero-order valence-electron chi connectivity index (χ0n) is 13.0. The number of aromatic nitrogens is 1. The quantitative estimate of drug-likeness (QED) is 0.889. The Labute approximate surface area is 131 Å². The average Bonchev–Trinajstić information content (AvgIpc) is 3.05. The van der Waals surface area contributed by atoms with Gasteiger partial charge in [0.1, 0.15) is 5.69 Å². The lowest BCUT2D eigenvalue weighted by Gasteiger charge is -2.32. The first kappa shape index (κ1) is 15.1. The number of rotatable bonds is 6. The van der Waals surface area contributed by atoms with E-state index in [1.54, 1.807) is 0 Å². The highest BCUT2D eigenvalue weighted by Crippen LogP contribution is 2.21. The molecule has 1 aromatic heterocycles. The molecule has 0 radical (unpaired) electrons. The molecule has 1 aliphatic rings. The van der Waals surface area contributed by atoms with Crippen LogP contribution in [0.25, 0.3) is 11.3 Å². The van der Waals surface area contributed by atoms with Gasteiger partial charge in [0.2, 0.25) is 5.88 Å². The smallest absolute Gasteiger partial charge is 0.225 e. The van der Waals surface area contributed by atoms with Crippen LogP contribution in [-0.4, -0.2) is 48.9 Å². The number of hydrogen-bond donors (Lipinski definition) is 1. The molecule has 1 saturated heterocycles. The lowest BCUT2D eigenvalue weighted by Crippen LogP contribution is -2.42. The van der Waals surface area contributed by atoms with Crippen molar-refractivity contribution in [3.05, 3.63) is 36.4 Å². The van der Waals surface area contributed by atoms with Crippen LogP contribution in [0.4, 0.5) is 5.88 Å². The highest BCUT2D eigenvalue weighted by molar-refractivity contribution is 5.61. The maximum Gasteiger partial charge on any atom is 0.225 e. The Morgan fingerprint density at radius 3 is 2.77 bits per heavy atom. The highest BCUT2D eigenvalue weighted by atomic mass is 16.5. The van der Waals surface area contributed by atoms with E-state index in [1.807, 2.05) is 36.4 Å². The molecule has 5 heteroatoms. The summed E-state index contributed by atoms with van der Waals surface area (Å²) in [5.41, 5.74) is 1.94. The van der Waals surface area contributed by atoms with Gasteiger partial charge in [-0.1, -0.05) is 35.5 Å². The highest BCUT2D eigenvalue weighted by Gasteiger charge is 2.16. The van der Waals surface area contributed by atoms with Crippen LogP contribution in [0.5, 0.6) is 0 Å². The van der Waals surface area contributed by atoms with Gasteiger partial charge in [-0.05, 0) is 13.3 Å². The molecular weight excluding hydrogens is 278 g/mol. The average molecular weight is 301 g/mol. The summed E-state index contributed by atoms with van der Waals surface area (Å²) in [6, 6.07) is 12.6. The van der Waals surface area contributed by atoms with Crippen LogP contribution in [0.3, 0.4) is 0 Å². The first-order valence-corrected chi connectivity index (χ1v) is 7.91. The maximum atomic E-state index is 5.39. The molecule has 0 aliphatic carbocycles. The van der Waals surface area contributed by atoms with Crippen molar-refractivity contribution < 1.29 is 9.26 Å². The molecule has 3 rings (SSSR count). The van der Waals surface area contributed by atoms with Crippen LogP contribution in [0.15, 0.2) is 40.9 Å². The van der Waals surface area contributed by atoms with Gasteiger partial charge in [0, 0.05) is 37.3 Å². The Kier molecular flexibility index (Phi) is 5.08. The summed E-state index contributed by atoms with van der Waals surface area (Å²) in [6.07, 6.45) is 1.07. The zero-order chi connectivity index (χ0) is 15.2. The molecule has 5 nitrogen and oxygen atoms in total. The topological polar surface area (TPSA) is 50.5 Å². The van der Waals surface area contributed by atoms with E-state index in [9.17, 15) is 0 Å². The van der Waals surface area contributed by atoms with Crippen molar-refractivity contribution in [3.8, 4) is 11.3 Å². The van der Waals surface area contributed by atoms with Gasteiger partial charge in [0.25, 0.3) is 0 Å². The van der Waals surface area contributed by atoms with Crippen molar-refractivity contribution in [2.45, 2.75) is 19.4 Å². The molecule has 1 fully saturated rings. The molecule has 22 heavy (non-hydrogen) atoms. The summed E-state index contributed by atoms with van der Waals surface area (Å²) in [6.45, 7) is 6.90. The molecule has 1 unspecified atom stereocenters. The number of hydrogen-bond acceptors (Lipinski definition) is 5. The van der Waals surface area contributed by atoms with Crippen molar-refractivity contribution in [1.82, 2.24) is 10.1 Å². The van der Waals surface area contributed by atoms with Gasteiger partial charge >= 0.3 is 0 Å². The fourth-order valence-corrected chi connectivity index (χ4v) is 2.71. The monoisotopic (exact) mass is 301 g/mol. The van der Waals surface area contributed by atoms with E-state index in [0.29, 0.717) is 6.04 Å². The predicted molar refractivity (Wildman–Crippen MR) is 86.9 cm³/mol. The van der Waals surface area contributed by atoms with Gasteiger partial charge < -0.3 is 14.6 Å². The van der Waals surface area contributed by atoms with Crippen LogP contribution in [0.2, 0.25) is 0 Å². The minimum atomic E-state index is 0.549. The number of ether oxygens (including phenoxy) is 1. The van der Waals surface area contributed by atoms with Crippen LogP contribution < -0.4 is 5.32 Å². The number of benzene rings is 1. The minimum Gasteiger partial charge on any atom is -0.379 e. The fourth-order valence-electron chi connectivity index (χ4n) is 2.71. The molecule has 1 aromatic carbocycles. The third-order valence-electron chi connectivity index (χ3n) is 4.11. The van der Waals surface area contributed by atoms with E-state index in [-0.39, 0.29) is 0 Å². The zero-order valence-corrected chi connectivity index (χ0v) is 13.0. The van der Waals surface area contributed by atoms with Crippen LogP contribution >= 0.6 is 0 Å². The first-order chi connectivity index (χ1) is 10.8. The second-order valence-electron chi connectivity index (χ2n) is 5.66. The van der Waals surface area contributed by atoms with Crippen LogP contribution in [0, 0.1) is 0 Å². The third kappa shape index (κ3) is 3.87. The van der Waals surface area contributed by atoms with Crippen molar-refractivity contribution in [1.29, 1.82) is 0 Å². The molecule has 0 amide bonds. The van der Waals surface area contributed by atoms with E-state index in [2.05, 4.69) is 22.3 Å². The largest absolute Gasteiger partial charge is 0.379 e. The summed E-state index contributed by atoms with van der Waals surface area (Å²) >= 11 is 0. The van der Waals surface area contributed by atoms with Gasteiger partial charge in [-0.25, -0.2) is 0 Å². The van der Waals surface area contributed by atoms with Crippen LogP contribution in [-0.2, 0) is 4.74 Å². The lowest BCUT2D eigenvalue weighted by molar-refractivity contribution is 0.0193. The van der Waals surface area contributed by atoms with Gasteiger partial charge in [0.15, 0.2) is 0 Å². The molecule has 118 valence electrons. The Morgan fingerprint density at radius 1 is 1.23 bits per heavy atom. The molecular formula is C17H23N3O2. The normalized spacial score (nSPS) is 17.3. The Bertz CT molecular complexity index is 564. The summed E-state index contributed by atoms with van der Waals surface area (Å²) < 4.78 is 10.7. The van der Waals surface area contributed by atoms with Crippen molar-refractivity contribution in [3.63, 3.8) is 0 Å². The summed E-state index contributed by atoms with van der Waals surface area (Å²) in [7, 11) is 0. The standard InChI is InChI=1S/C17H23N3O2/c1-14(20-9-11-21-12-10-20)7-8-18-17-13-16(19-22-17)15-5-3-2-4-6-15/h2-6,13-14,18H,7-12H2,1H3. The Balaban J connectivity index is 1.47. The van der Waals surface area contributed by atoms with Gasteiger partial charge in [-0.15, -0.1) is 0 Å². The Hall–Kier alpha value is -1.85. The van der Waals surface area contributed by atoms with Gasteiger partial charge in [-0.3, -0.25) is 4.90 Å². The van der Waals surface area contributed by atoms with Crippen molar-refractivity contribution in [2.75, 3.05) is 38.2 Å². The van der Waals surface area contributed by atoms with Crippen molar-refractivity contribution >= 4 is 5.88 Å². The molecule has 1 N–H and O–H groups in total. The fraction of sp³-hybridized carbons (Fsp3) is 0.471. The Morgan fingerprint density at radius 2 is 2.00 bits per heavy atom. The lowest BCUT2D eigenvalue weighted by atomic mass is 10.1. The van der Waals surface area contributed by atoms with Gasteiger partial charge in [-0.2, -0.15) is 0 Å². The van der Waals surface area contributed by atoms with E-state index in [0.717, 1.165) is 56.4 Å². The van der Waals surface area contributed by atoms with Crippen molar-refractivity contribution in [2.24, 2.45) is 0 Å². The maximum absolute atomic E-state index is 5.39. The summed E-state index contributed by atoms with van der Waals surface area (Å²) in [5.74, 6) is 0.730. The number of anilines is 1. The van der Waals surface area contributed by atoms with E-state index in [1.165, 1.54) is 0 Å². The second-order valence-corrected chi connectivity index (χ2v) is 5.66. The molecule has 1 aliphatic heterocycles. The van der Waals surface area contributed by atoms with E-state index >= 15 is 0 Å². The third-order valence-corrected chi connectivity index (χ3v) is 4.11. The van der Waals surface area contributed by atoms with E-state index in [4.69, 9.17) is 9.26 Å². The van der Waals surface area contributed by atoms with Crippen LogP contribution in [0.1, 0.15) is 13.3 Å².